The number of nitrogens with zero attached hydrogens (tertiary/aromatic N) is 3. The second-order valence-electron chi connectivity index (χ2n) is 12.0. The van der Waals surface area contributed by atoms with E-state index in [9.17, 15) is 15.2 Å². The molecule has 5 rings (SSSR count). The number of aliphatic carboxylic acids is 1. The summed E-state index contributed by atoms with van der Waals surface area (Å²) in [5.74, 6) is 0.388. The molecule has 0 saturated heterocycles. The van der Waals surface area contributed by atoms with E-state index in [4.69, 9.17) is 9.47 Å². The van der Waals surface area contributed by atoms with Gasteiger partial charge in [0.1, 0.15) is 28.1 Å². The molecule has 0 aliphatic rings. The second kappa shape index (κ2) is 15.6. The minimum Gasteiger partial charge on any atom is -0.491 e. The first kappa shape index (κ1) is 34.1. The van der Waals surface area contributed by atoms with E-state index in [0.717, 1.165) is 68.6 Å². The topological polar surface area (TPSA) is 87.7 Å². The molecule has 2 aromatic heterocycles. The van der Waals surface area contributed by atoms with Gasteiger partial charge in [-0.2, -0.15) is 5.26 Å². The van der Waals surface area contributed by atoms with E-state index in [1.54, 1.807) is 11.3 Å². The molecule has 7 nitrogen and oxygen atoms in total. The number of benzene rings is 3. The number of thiophene rings is 1. The first-order valence-electron chi connectivity index (χ1n) is 16.3. The van der Waals surface area contributed by atoms with Crippen LogP contribution in [0.3, 0.4) is 0 Å². The molecule has 0 saturated carbocycles. The van der Waals surface area contributed by atoms with Gasteiger partial charge < -0.3 is 24.0 Å². The van der Waals surface area contributed by atoms with Crippen molar-refractivity contribution in [1.29, 1.82) is 5.26 Å². The molecule has 8 heteroatoms. The van der Waals surface area contributed by atoms with Crippen LogP contribution in [0.15, 0.2) is 90.5 Å². The first-order chi connectivity index (χ1) is 23.2. The standard InChI is InChI=1S/C40H41N3O4S/c1-6-7-24-42-37-11-9-8-10-35(37)36(38(42)25-29(26-41)40(44)45)22-20-34-21-23-39(48-34)43(30-12-16-32(17-13-30)46-27(2)3)31-14-18-33(19-15-31)47-28(4)5/h8-23,25,27-28H,6-7,24H2,1-5H3,(H,44,45)/b22-20+,29-25-. The van der Waals surface area contributed by atoms with Crippen LogP contribution in [0.25, 0.3) is 29.1 Å². The summed E-state index contributed by atoms with van der Waals surface area (Å²) in [6.45, 7) is 10.9. The molecule has 0 aliphatic heterocycles. The zero-order valence-corrected chi connectivity index (χ0v) is 28.8. The van der Waals surface area contributed by atoms with E-state index in [1.165, 1.54) is 6.08 Å². The van der Waals surface area contributed by atoms with Crippen molar-refractivity contribution in [3.8, 4) is 17.6 Å². The van der Waals surface area contributed by atoms with Gasteiger partial charge in [-0.1, -0.05) is 37.6 Å². The Morgan fingerprint density at radius 1 is 0.896 bits per heavy atom. The quantitative estimate of drug-likeness (QED) is 0.0943. The molecule has 0 bridgehead atoms. The summed E-state index contributed by atoms with van der Waals surface area (Å²) in [6, 6.07) is 30.3. The lowest BCUT2D eigenvalue weighted by molar-refractivity contribution is -0.132. The zero-order valence-electron chi connectivity index (χ0n) is 28.0. The van der Waals surface area contributed by atoms with Crippen molar-refractivity contribution >= 4 is 62.8 Å². The number of unbranched alkanes of at least 4 members (excludes halogenated alkanes) is 1. The average Bonchev–Trinajstić information content (AvgIpc) is 3.64. The molecule has 0 amide bonds. The highest BCUT2D eigenvalue weighted by Crippen LogP contribution is 2.41. The number of ether oxygens (including phenoxy) is 2. The number of rotatable bonds is 14. The predicted octanol–water partition coefficient (Wildman–Crippen LogP) is 10.7. The van der Waals surface area contributed by atoms with Gasteiger partial charge in [-0.3, -0.25) is 0 Å². The van der Waals surface area contributed by atoms with Crippen LogP contribution < -0.4 is 14.4 Å². The summed E-state index contributed by atoms with van der Waals surface area (Å²) in [4.78, 5) is 15.1. The number of carboxylic acids is 1. The van der Waals surface area contributed by atoms with E-state index in [0.29, 0.717) is 5.69 Å². The first-order valence-corrected chi connectivity index (χ1v) is 17.1. The number of hydrogen-bond acceptors (Lipinski definition) is 6. The van der Waals surface area contributed by atoms with Gasteiger partial charge in [0, 0.05) is 39.3 Å². The Kier molecular flexibility index (Phi) is 11.0. The van der Waals surface area contributed by atoms with Crippen LogP contribution in [0.5, 0.6) is 11.5 Å². The number of para-hydroxylation sites is 1. The summed E-state index contributed by atoms with van der Waals surface area (Å²) in [5.41, 5.74) is 4.28. The van der Waals surface area contributed by atoms with E-state index in [1.807, 2.05) is 88.4 Å². The van der Waals surface area contributed by atoms with Gasteiger partial charge in [0.25, 0.3) is 0 Å². The minimum atomic E-state index is -1.24. The van der Waals surface area contributed by atoms with Gasteiger partial charge in [-0.05, 0) is 113 Å². The molecule has 0 fully saturated rings. The molecule has 1 N–H and O–H groups in total. The predicted molar refractivity (Wildman–Crippen MR) is 198 cm³/mol. The Hall–Kier alpha value is -5.26. The van der Waals surface area contributed by atoms with E-state index in [2.05, 4.69) is 58.9 Å². The van der Waals surface area contributed by atoms with Crippen LogP contribution in [0.2, 0.25) is 0 Å². The van der Waals surface area contributed by atoms with Crippen molar-refractivity contribution in [1.82, 2.24) is 4.57 Å². The number of hydrogen-bond donors (Lipinski definition) is 1. The maximum atomic E-state index is 11.9. The van der Waals surface area contributed by atoms with E-state index < -0.39 is 5.97 Å². The van der Waals surface area contributed by atoms with Crippen LogP contribution in [0.4, 0.5) is 16.4 Å². The fourth-order valence-corrected chi connectivity index (χ4v) is 6.48. The van der Waals surface area contributed by atoms with Crippen molar-refractivity contribution in [2.75, 3.05) is 4.90 Å². The number of aromatic nitrogens is 1. The molecular weight excluding hydrogens is 619 g/mol. The summed E-state index contributed by atoms with van der Waals surface area (Å²) in [7, 11) is 0. The Balaban J connectivity index is 1.56. The van der Waals surface area contributed by atoms with Gasteiger partial charge in [-0.25, -0.2) is 4.79 Å². The largest absolute Gasteiger partial charge is 0.491 e. The molecule has 48 heavy (non-hydrogen) atoms. The number of fused-ring (bicyclic) bond motifs is 1. The number of nitriles is 1. The lowest BCUT2D eigenvalue weighted by atomic mass is 10.1. The van der Waals surface area contributed by atoms with Crippen molar-refractivity contribution in [3.63, 3.8) is 0 Å². The maximum Gasteiger partial charge on any atom is 0.346 e. The lowest BCUT2D eigenvalue weighted by Gasteiger charge is -2.24. The highest BCUT2D eigenvalue weighted by atomic mass is 32.1. The summed E-state index contributed by atoms with van der Waals surface area (Å²) >= 11 is 1.64. The Labute approximate surface area is 286 Å². The maximum absolute atomic E-state index is 11.9. The zero-order chi connectivity index (χ0) is 34.2. The number of carboxylic acid groups (broad SMARTS) is 1. The third-order valence-electron chi connectivity index (χ3n) is 7.60. The van der Waals surface area contributed by atoms with Gasteiger partial charge >= 0.3 is 5.97 Å². The summed E-state index contributed by atoms with van der Waals surface area (Å²) in [6.07, 6.45) is 7.67. The van der Waals surface area contributed by atoms with Gasteiger partial charge in [0.15, 0.2) is 0 Å². The summed E-state index contributed by atoms with van der Waals surface area (Å²) < 4.78 is 13.9. The minimum absolute atomic E-state index is 0.0828. The second-order valence-corrected chi connectivity index (χ2v) is 13.1. The molecule has 2 heterocycles. The van der Waals surface area contributed by atoms with Crippen molar-refractivity contribution in [3.05, 3.63) is 107 Å². The number of aryl methyl sites for hydroxylation is 1. The molecule has 0 atom stereocenters. The summed E-state index contributed by atoms with van der Waals surface area (Å²) in [5, 5.41) is 21.3. The molecule has 5 aromatic rings. The molecule has 0 radical (unpaired) electrons. The molecule has 0 unspecified atom stereocenters. The van der Waals surface area contributed by atoms with E-state index in [-0.39, 0.29) is 17.8 Å². The highest BCUT2D eigenvalue weighted by Gasteiger charge is 2.18. The van der Waals surface area contributed by atoms with Crippen molar-refractivity contribution < 1.29 is 19.4 Å². The monoisotopic (exact) mass is 659 g/mol. The molecule has 0 spiro atoms. The molecule has 3 aromatic carbocycles. The molecular formula is C40H41N3O4S. The Morgan fingerprint density at radius 3 is 2.04 bits per heavy atom. The Bertz CT molecular complexity index is 1900. The fraction of sp³-hybridized carbons (Fsp3) is 0.250. The molecule has 246 valence electrons. The van der Waals surface area contributed by atoms with Crippen LogP contribution in [-0.4, -0.2) is 27.9 Å². The number of anilines is 3. The van der Waals surface area contributed by atoms with Gasteiger partial charge in [0.05, 0.1) is 17.9 Å². The van der Waals surface area contributed by atoms with Crippen LogP contribution in [0.1, 0.15) is 63.6 Å². The SMILES string of the molecule is CCCCn1c(/C=C(/C#N)C(=O)O)c(/C=C/c2ccc(N(c3ccc(OC(C)C)cc3)c3ccc(OC(C)C)cc3)s2)c2ccccc21. The van der Waals surface area contributed by atoms with Gasteiger partial charge in [-0.15, -0.1) is 11.3 Å². The third-order valence-corrected chi connectivity index (χ3v) is 8.64. The van der Waals surface area contributed by atoms with Crippen LogP contribution in [0, 0.1) is 11.3 Å². The normalized spacial score (nSPS) is 11.8. The Morgan fingerprint density at radius 2 is 1.50 bits per heavy atom. The molecule has 0 aliphatic carbocycles. The average molecular weight is 660 g/mol. The van der Waals surface area contributed by atoms with E-state index >= 15 is 0 Å². The van der Waals surface area contributed by atoms with Crippen molar-refractivity contribution in [2.24, 2.45) is 0 Å². The lowest BCUT2D eigenvalue weighted by Crippen LogP contribution is -2.10. The van der Waals surface area contributed by atoms with Crippen LogP contribution >= 0.6 is 11.3 Å². The van der Waals surface area contributed by atoms with Crippen molar-refractivity contribution in [2.45, 2.75) is 66.2 Å². The van der Waals surface area contributed by atoms with Gasteiger partial charge in [0.2, 0.25) is 0 Å². The smallest absolute Gasteiger partial charge is 0.346 e. The van der Waals surface area contributed by atoms with Crippen LogP contribution in [-0.2, 0) is 11.3 Å². The highest BCUT2D eigenvalue weighted by molar-refractivity contribution is 7.17. The fourth-order valence-electron chi connectivity index (χ4n) is 5.53. The third kappa shape index (κ3) is 7.99. The number of carbonyl (C=O) groups is 1.